The van der Waals surface area contributed by atoms with E-state index in [2.05, 4.69) is 6.92 Å². The minimum atomic E-state index is -0.332. The Balaban J connectivity index is 2.23. The van der Waals surface area contributed by atoms with Crippen molar-refractivity contribution in [1.29, 1.82) is 0 Å². The number of hydrogen-bond donors (Lipinski definition) is 1. The van der Waals surface area contributed by atoms with E-state index in [1.807, 2.05) is 31.2 Å². The van der Waals surface area contributed by atoms with Crippen molar-refractivity contribution in [1.82, 2.24) is 0 Å². The van der Waals surface area contributed by atoms with Crippen LogP contribution in [0.15, 0.2) is 24.3 Å². The van der Waals surface area contributed by atoms with Gasteiger partial charge in [0.05, 0.1) is 12.7 Å². The quantitative estimate of drug-likeness (QED) is 0.611. The van der Waals surface area contributed by atoms with Gasteiger partial charge in [-0.25, -0.2) is 0 Å². The third-order valence-corrected chi connectivity index (χ3v) is 3.41. The molecular weight excluding hydrogens is 236 g/mol. The van der Waals surface area contributed by atoms with Crippen molar-refractivity contribution in [2.45, 2.75) is 64.9 Å². The van der Waals surface area contributed by atoms with Gasteiger partial charge in [0.25, 0.3) is 0 Å². The fourth-order valence-corrected chi connectivity index (χ4v) is 2.24. The number of ether oxygens (including phenoxy) is 1. The fraction of sp³-hybridized carbons (Fsp3) is 0.647. The van der Waals surface area contributed by atoms with E-state index in [9.17, 15) is 5.11 Å². The predicted octanol–water partition coefficient (Wildman–Crippen LogP) is 4.87. The maximum atomic E-state index is 10.1. The van der Waals surface area contributed by atoms with Gasteiger partial charge in [-0.05, 0) is 31.0 Å². The van der Waals surface area contributed by atoms with Crippen LogP contribution in [0.3, 0.4) is 0 Å². The molecule has 0 spiro atoms. The molecule has 0 aliphatic carbocycles. The maximum Gasteiger partial charge on any atom is 0.119 e. The minimum Gasteiger partial charge on any atom is -0.494 e. The molecule has 0 radical (unpaired) electrons. The second-order valence-corrected chi connectivity index (χ2v) is 5.07. The van der Waals surface area contributed by atoms with Crippen LogP contribution < -0.4 is 4.74 Å². The van der Waals surface area contributed by atoms with E-state index in [0.29, 0.717) is 6.61 Å². The summed E-state index contributed by atoms with van der Waals surface area (Å²) >= 11 is 0. The van der Waals surface area contributed by atoms with Crippen LogP contribution >= 0.6 is 0 Å². The van der Waals surface area contributed by atoms with Crippen molar-refractivity contribution in [3.05, 3.63) is 29.8 Å². The zero-order valence-corrected chi connectivity index (χ0v) is 12.4. The van der Waals surface area contributed by atoms with Crippen LogP contribution in [0.4, 0.5) is 0 Å². The van der Waals surface area contributed by atoms with Gasteiger partial charge in [-0.15, -0.1) is 0 Å². The molecule has 0 amide bonds. The normalized spacial score (nSPS) is 12.4. The smallest absolute Gasteiger partial charge is 0.119 e. The second kappa shape index (κ2) is 9.85. The third-order valence-electron chi connectivity index (χ3n) is 3.41. The standard InChI is InChI=1S/C17H28O2/c1-3-5-6-7-8-9-10-17(18)15-11-13-16(14-12-15)19-4-2/h11-14,17-18H,3-10H2,1-2H3. The molecule has 0 aliphatic heterocycles. The Morgan fingerprint density at radius 2 is 1.58 bits per heavy atom. The van der Waals surface area contributed by atoms with Gasteiger partial charge in [0.15, 0.2) is 0 Å². The average molecular weight is 264 g/mol. The molecule has 108 valence electrons. The number of hydrogen-bond acceptors (Lipinski definition) is 2. The lowest BCUT2D eigenvalue weighted by Gasteiger charge is -2.11. The molecule has 1 unspecified atom stereocenters. The summed E-state index contributed by atoms with van der Waals surface area (Å²) in [6, 6.07) is 7.80. The van der Waals surface area contributed by atoms with Gasteiger partial charge in [0, 0.05) is 0 Å². The van der Waals surface area contributed by atoms with Gasteiger partial charge < -0.3 is 9.84 Å². The Labute approximate surface area is 117 Å². The van der Waals surface area contributed by atoms with Crippen molar-refractivity contribution in [2.75, 3.05) is 6.61 Å². The summed E-state index contributed by atoms with van der Waals surface area (Å²) in [6.45, 7) is 4.89. The molecule has 1 aromatic rings. The van der Waals surface area contributed by atoms with Gasteiger partial charge in [-0.1, -0.05) is 57.6 Å². The fourth-order valence-electron chi connectivity index (χ4n) is 2.24. The molecule has 1 atom stereocenters. The summed E-state index contributed by atoms with van der Waals surface area (Å²) in [5, 5.41) is 10.1. The van der Waals surface area contributed by atoms with E-state index >= 15 is 0 Å². The van der Waals surface area contributed by atoms with Crippen LogP contribution in [0.1, 0.15) is 70.5 Å². The van der Waals surface area contributed by atoms with Crippen LogP contribution in [0.5, 0.6) is 5.75 Å². The molecule has 1 rings (SSSR count). The van der Waals surface area contributed by atoms with E-state index in [1.165, 1.54) is 32.1 Å². The van der Waals surface area contributed by atoms with Gasteiger partial charge in [0.2, 0.25) is 0 Å². The Hall–Kier alpha value is -1.02. The van der Waals surface area contributed by atoms with Crippen molar-refractivity contribution in [2.24, 2.45) is 0 Å². The van der Waals surface area contributed by atoms with E-state index < -0.39 is 0 Å². The Bertz CT molecular complexity index is 319. The molecule has 0 aliphatic rings. The SMILES string of the molecule is CCCCCCCCC(O)c1ccc(OCC)cc1. The van der Waals surface area contributed by atoms with Crippen molar-refractivity contribution >= 4 is 0 Å². The first-order valence-corrected chi connectivity index (χ1v) is 7.68. The first-order chi connectivity index (χ1) is 9.27. The molecule has 2 heteroatoms. The highest BCUT2D eigenvalue weighted by molar-refractivity contribution is 5.28. The maximum absolute atomic E-state index is 10.1. The summed E-state index contributed by atoms with van der Waals surface area (Å²) < 4.78 is 5.39. The van der Waals surface area contributed by atoms with E-state index in [4.69, 9.17) is 4.74 Å². The van der Waals surface area contributed by atoms with Crippen molar-refractivity contribution in [3.63, 3.8) is 0 Å². The van der Waals surface area contributed by atoms with Gasteiger partial charge in [-0.3, -0.25) is 0 Å². The molecule has 0 fully saturated rings. The molecule has 19 heavy (non-hydrogen) atoms. The highest BCUT2D eigenvalue weighted by Crippen LogP contribution is 2.22. The lowest BCUT2D eigenvalue weighted by Crippen LogP contribution is -1.98. The number of benzene rings is 1. The summed E-state index contributed by atoms with van der Waals surface area (Å²) in [4.78, 5) is 0. The lowest BCUT2D eigenvalue weighted by molar-refractivity contribution is 0.163. The molecule has 0 heterocycles. The van der Waals surface area contributed by atoms with Gasteiger partial charge in [0.1, 0.15) is 5.75 Å². The van der Waals surface area contributed by atoms with Crippen LogP contribution in [0.2, 0.25) is 0 Å². The van der Waals surface area contributed by atoms with Crippen LogP contribution in [-0.2, 0) is 0 Å². The van der Waals surface area contributed by atoms with E-state index in [1.54, 1.807) is 0 Å². The zero-order valence-electron chi connectivity index (χ0n) is 12.4. The first-order valence-electron chi connectivity index (χ1n) is 7.68. The number of rotatable bonds is 10. The molecule has 1 aromatic carbocycles. The molecule has 0 aromatic heterocycles. The average Bonchev–Trinajstić information content (AvgIpc) is 2.43. The summed E-state index contributed by atoms with van der Waals surface area (Å²) in [5.41, 5.74) is 0.997. The number of unbranched alkanes of at least 4 members (excludes halogenated alkanes) is 5. The first kappa shape index (κ1) is 16.0. The van der Waals surface area contributed by atoms with Gasteiger partial charge in [-0.2, -0.15) is 0 Å². The van der Waals surface area contributed by atoms with E-state index in [0.717, 1.165) is 24.2 Å². The molecule has 2 nitrogen and oxygen atoms in total. The molecular formula is C17H28O2. The topological polar surface area (TPSA) is 29.5 Å². The van der Waals surface area contributed by atoms with Crippen LogP contribution in [-0.4, -0.2) is 11.7 Å². The van der Waals surface area contributed by atoms with Gasteiger partial charge >= 0.3 is 0 Å². The van der Waals surface area contributed by atoms with E-state index in [-0.39, 0.29) is 6.10 Å². The monoisotopic (exact) mass is 264 g/mol. The summed E-state index contributed by atoms with van der Waals surface area (Å²) in [6.07, 6.45) is 8.11. The van der Waals surface area contributed by atoms with Crippen LogP contribution in [0, 0.1) is 0 Å². The molecule has 0 bridgehead atoms. The molecule has 0 saturated carbocycles. The largest absolute Gasteiger partial charge is 0.494 e. The lowest BCUT2D eigenvalue weighted by atomic mass is 10.0. The predicted molar refractivity (Wildman–Crippen MR) is 80.6 cm³/mol. The minimum absolute atomic E-state index is 0.332. The van der Waals surface area contributed by atoms with Crippen molar-refractivity contribution < 1.29 is 9.84 Å². The molecule has 0 saturated heterocycles. The highest BCUT2D eigenvalue weighted by Gasteiger charge is 2.07. The van der Waals surface area contributed by atoms with Crippen molar-refractivity contribution in [3.8, 4) is 5.75 Å². The third kappa shape index (κ3) is 6.63. The zero-order chi connectivity index (χ0) is 13.9. The number of aliphatic hydroxyl groups excluding tert-OH is 1. The Morgan fingerprint density at radius 3 is 2.21 bits per heavy atom. The Morgan fingerprint density at radius 1 is 0.947 bits per heavy atom. The highest BCUT2D eigenvalue weighted by atomic mass is 16.5. The summed E-state index contributed by atoms with van der Waals surface area (Å²) in [7, 11) is 0. The molecule has 1 N–H and O–H groups in total. The second-order valence-electron chi connectivity index (χ2n) is 5.07. The summed E-state index contributed by atoms with van der Waals surface area (Å²) in [5.74, 6) is 0.873. The number of aliphatic hydroxyl groups is 1. The Kier molecular flexibility index (Phi) is 8.31. The van der Waals surface area contributed by atoms with Crippen LogP contribution in [0.25, 0.3) is 0 Å².